The minimum absolute atomic E-state index is 0.0727. The van der Waals surface area contributed by atoms with E-state index in [0.717, 1.165) is 58.4 Å². The van der Waals surface area contributed by atoms with Crippen LogP contribution in [0.3, 0.4) is 0 Å². The summed E-state index contributed by atoms with van der Waals surface area (Å²) in [5.41, 5.74) is 6.73. The molecular formula is C41H47Cl4N3O4. The summed E-state index contributed by atoms with van der Waals surface area (Å²) < 4.78 is 10.3. The first-order valence-electron chi connectivity index (χ1n) is 18.0. The Morgan fingerprint density at radius 1 is 0.923 bits per heavy atom. The number of ether oxygens (including phenoxy) is 2. The fraction of sp³-hybridized carbons (Fsp3) is 0.463. The quantitative estimate of drug-likeness (QED) is 0.197. The van der Waals surface area contributed by atoms with Crippen molar-refractivity contribution in [2.24, 2.45) is 0 Å². The van der Waals surface area contributed by atoms with Crippen molar-refractivity contribution in [3.8, 4) is 5.75 Å². The number of nitrogens with zero attached hydrogens (tertiary/aromatic N) is 2. The molecule has 2 amide bonds. The number of rotatable bonds is 11. The maximum absolute atomic E-state index is 15.0. The van der Waals surface area contributed by atoms with Gasteiger partial charge in [-0.2, -0.15) is 0 Å². The largest absolute Gasteiger partial charge is 0.493 e. The second-order valence-corrected chi connectivity index (χ2v) is 17.4. The summed E-state index contributed by atoms with van der Waals surface area (Å²) in [6.07, 6.45) is 3.08. The van der Waals surface area contributed by atoms with Gasteiger partial charge in [-0.3, -0.25) is 9.69 Å². The average molecular weight is 788 g/mol. The number of halogens is 4. The molecule has 2 heterocycles. The number of carbonyl (C=O) groups is 2. The van der Waals surface area contributed by atoms with Crippen molar-refractivity contribution in [1.29, 1.82) is 0 Å². The van der Waals surface area contributed by atoms with Gasteiger partial charge in [0, 0.05) is 42.7 Å². The molecule has 3 aromatic carbocycles. The molecule has 0 aromatic heterocycles. The molecule has 1 saturated carbocycles. The normalized spacial score (nSPS) is 19.1. The van der Waals surface area contributed by atoms with Crippen LogP contribution in [0.25, 0.3) is 5.57 Å². The van der Waals surface area contributed by atoms with E-state index in [4.69, 9.17) is 55.9 Å². The number of hydrogen-bond donors (Lipinski definition) is 1. The predicted molar refractivity (Wildman–Crippen MR) is 211 cm³/mol. The number of carbonyl (C=O) groups excluding carboxylic acids is 2. The summed E-state index contributed by atoms with van der Waals surface area (Å²) in [7, 11) is 0. The summed E-state index contributed by atoms with van der Waals surface area (Å²) in [5, 5.41) is 4.15. The molecule has 2 aliphatic heterocycles. The highest BCUT2D eigenvalue weighted by molar-refractivity contribution is 6.68. The van der Waals surface area contributed by atoms with Crippen molar-refractivity contribution < 1.29 is 19.1 Å². The Balaban J connectivity index is 1.31. The number of piperazine rings is 1. The topological polar surface area (TPSA) is 71.1 Å². The van der Waals surface area contributed by atoms with E-state index in [1.54, 1.807) is 18.7 Å². The number of benzene rings is 3. The molecule has 1 saturated heterocycles. The van der Waals surface area contributed by atoms with E-state index < -0.39 is 21.5 Å². The van der Waals surface area contributed by atoms with Crippen LogP contribution in [0.5, 0.6) is 5.75 Å². The van der Waals surface area contributed by atoms with Gasteiger partial charge >= 0.3 is 6.09 Å². The Bertz CT molecular complexity index is 1830. The number of amides is 2. The first-order chi connectivity index (χ1) is 24.7. The van der Waals surface area contributed by atoms with Gasteiger partial charge in [-0.15, -0.1) is 0 Å². The highest BCUT2D eigenvalue weighted by Crippen LogP contribution is 2.43. The molecule has 6 rings (SSSR count). The number of alkyl halides is 3. The predicted octanol–water partition coefficient (Wildman–Crippen LogP) is 9.21. The van der Waals surface area contributed by atoms with Gasteiger partial charge in [0.25, 0.3) is 5.91 Å². The lowest BCUT2D eigenvalue weighted by Gasteiger charge is -2.48. The third-order valence-corrected chi connectivity index (χ3v) is 12.4. The molecule has 52 heavy (non-hydrogen) atoms. The Morgan fingerprint density at radius 3 is 2.29 bits per heavy atom. The van der Waals surface area contributed by atoms with E-state index in [-0.39, 0.29) is 18.0 Å². The van der Waals surface area contributed by atoms with Crippen molar-refractivity contribution in [2.75, 3.05) is 26.2 Å². The molecule has 3 aliphatic rings. The van der Waals surface area contributed by atoms with Gasteiger partial charge in [-0.05, 0) is 105 Å². The molecule has 1 N–H and O–H groups in total. The van der Waals surface area contributed by atoms with Gasteiger partial charge in [-0.25, -0.2) is 4.79 Å². The number of nitrogens with one attached hydrogen (secondary N) is 1. The molecule has 278 valence electrons. The van der Waals surface area contributed by atoms with E-state index in [2.05, 4.69) is 62.5 Å². The summed E-state index contributed by atoms with van der Waals surface area (Å²) >= 11 is 25.2. The van der Waals surface area contributed by atoms with Crippen molar-refractivity contribution in [1.82, 2.24) is 15.1 Å². The zero-order valence-corrected chi connectivity index (χ0v) is 33.4. The van der Waals surface area contributed by atoms with E-state index in [0.29, 0.717) is 49.7 Å². The maximum Gasteiger partial charge on any atom is 0.411 e. The molecule has 1 unspecified atom stereocenters. The van der Waals surface area contributed by atoms with E-state index in [1.807, 2.05) is 29.2 Å². The third kappa shape index (κ3) is 8.39. The summed E-state index contributed by atoms with van der Waals surface area (Å²) in [4.78, 5) is 32.6. The highest BCUT2D eigenvalue weighted by Gasteiger charge is 2.50. The first-order valence-corrected chi connectivity index (χ1v) is 19.5. The van der Waals surface area contributed by atoms with Crippen LogP contribution in [0.4, 0.5) is 4.79 Å². The summed E-state index contributed by atoms with van der Waals surface area (Å²) in [6, 6.07) is 19.6. The van der Waals surface area contributed by atoms with Crippen LogP contribution in [0, 0.1) is 20.8 Å². The van der Waals surface area contributed by atoms with Crippen LogP contribution in [0.2, 0.25) is 5.02 Å². The van der Waals surface area contributed by atoms with Gasteiger partial charge < -0.3 is 19.7 Å². The fourth-order valence-electron chi connectivity index (χ4n) is 7.17. The monoisotopic (exact) mass is 785 g/mol. The molecule has 2 atom stereocenters. The molecule has 11 heteroatoms. The standard InChI is InChI=1S/C41H47Cl4N3O4/c1-25-10-11-26(2)37(27(25)3)51-21-19-28-12-14-29(15-13-28)33-22-32-23-46-24-35(48(32)39(50)52-40(4,5)41(43,44)45)36(33)38(49)47(31-16-17-31)20-18-30-8-6-7-9-34(30)42/h6-15,31-32,35,46H,16-24H2,1-5H3/t32?,35-/m1/s1. The minimum atomic E-state index is -1.85. The van der Waals surface area contributed by atoms with E-state index in [9.17, 15) is 9.59 Å². The Hall–Kier alpha value is -2.94. The van der Waals surface area contributed by atoms with Crippen LogP contribution < -0.4 is 10.1 Å². The molecule has 7 nitrogen and oxygen atoms in total. The second kappa shape index (κ2) is 15.8. The average Bonchev–Trinajstić information content (AvgIpc) is 3.93. The number of fused-ring (bicyclic) bond motifs is 2. The number of aryl methyl sites for hydroxylation is 2. The third-order valence-electron chi connectivity index (χ3n) is 10.7. The highest BCUT2D eigenvalue weighted by atomic mass is 35.6. The summed E-state index contributed by atoms with van der Waals surface area (Å²) in [6.45, 7) is 11.4. The molecule has 2 fully saturated rings. The second-order valence-electron chi connectivity index (χ2n) is 14.7. The van der Waals surface area contributed by atoms with Crippen LogP contribution in [0.1, 0.15) is 66.5 Å². The molecule has 0 spiro atoms. The van der Waals surface area contributed by atoms with Crippen molar-refractivity contribution in [2.45, 2.75) is 94.2 Å². The SMILES string of the molecule is Cc1ccc(C)c(OCCc2ccc(C3=C(C(=O)N(CCc4ccccc4Cl)C4CC4)[C@H]4CNCC(C3)N4C(=O)OC(C)(C)C(Cl)(Cl)Cl)cc2)c1C. The fourth-order valence-corrected chi connectivity index (χ4v) is 7.52. The van der Waals surface area contributed by atoms with Crippen LogP contribution in [-0.2, 0) is 22.4 Å². The molecule has 0 radical (unpaired) electrons. The van der Waals surface area contributed by atoms with Crippen LogP contribution in [-0.4, -0.2) is 75.6 Å². The van der Waals surface area contributed by atoms with Gasteiger partial charge in [0.1, 0.15) is 5.75 Å². The van der Waals surface area contributed by atoms with Gasteiger partial charge in [0.15, 0.2) is 5.60 Å². The van der Waals surface area contributed by atoms with Gasteiger partial charge in [-0.1, -0.05) is 101 Å². The van der Waals surface area contributed by atoms with Gasteiger partial charge in [0.05, 0.1) is 18.7 Å². The lowest BCUT2D eigenvalue weighted by molar-refractivity contribution is -0.128. The Kier molecular flexibility index (Phi) is 11.8. The Labute approximate surface area is 327 Å². The van der Waals surface area contributed by atoms with E-state index in [1.165, 1.54) is 5.56 Å². The molecule has 1 aliphatic carbocycles. The molecular weight excluding hydrogens is 740 g/mol. The maximum atomic E-state index is 15.0. The van der Waals surface area contributed by atoms with Gasteiger partial charge in [0.2, 0.25) is 3.79 Å². The lowest BCUT2D eigenvalue weighted by Crippen LogP contribution is -2.64. The lowest BCUT2D eigenvalue weighted by atomic mass is 9.81. The minimum Gasteiger partial charge on any atom is -0.493 e. The van der Waals surface area contributed by atoms with Crippen molar-refractivity contribution in [3.63, 3.8) is 0 Å². The van der Waals surface area contributed by atoms with Crippen molar-refractivity contribution in [3.05, 3.63) is 105 Å². The van der Waals surface area contributed by atoms with E-state index >= 15 is 0 Å². The Morgan fingerprint density at radius 2 is 1.62 bits per heavy atom. The number of hydrogen-bond acceptors (Lipinski definition) is 5. The molecule has 2 bridgehead atoms. The molecule has 3 aromatic rings. The first kappa shape index (κ1) is 38.8. The summed E-state index contributed by atoms with van der Waals surface area (Å²) in [5.74, 6) is 0.874. The van der Waals surface area contributed by atoms with Crippen molar-refractivity contribution >= 4 is 64.0 Å². The van der Waals surface area contributed by atoms with Crippen LogP contribution in [0.15, 0.2) is 66.2 Å². The zero-order valence-electron chi connectivity index (χ0n) is 30.4. The van der Waals surface area contributed by atoms with Crippen LogP contribution >= 0.6 is 46.4 Å². The zero-order chi connectivity index (χ0) is 37.4. The smallest absolute Gasteiger partial charge is 0.411 e.